The second kappa shape index (κ2) is 6.77. The standard InChI is InChI=1S/C15H16NO2/c1-17-9-7-13-4-2-6-15(10-13)18-12-14-5-3-8-16-11-14/h2-5,8,10-11H,7,9,12H2,1H3. The van der Waals surface area contributed by atoms with Gasteiger partial charge < -0.3 is 9.47 Å². The lowest BCUT2D eigenvalue weighted by Gasteiger charge is -2.07. The van der Waals surface area contributed by atoms with Crippen molar-refractivity contribution in [1.82, 2.24) is 4.98 Å². The molecule has 0 bridgehead atoms. The van der Waals surface area contributed by atoms with E-state index in [1.54, 1.807) is 19.5 Å². The van der Waals surface area contributed by atoms with E-state index in [1.165, 1.54) is 5.56 Å². The van der Waals surface area contributed by atoms with E-state index in [-0.39, 0.29) is 0 Å². The van der Waals surface area contributed by atoms with Crippen molar-refractivity contribution in [2.45, 2.75) is 13.0 Å². The number of methoxy groups -OCH3 is 1. The molecule has 0 fully saturated rings. The Morgan fingerprint density at radius 1 is 1.28 bits per heavy atom. The van der Waals surface area contributed by atoms with E-state index in [2.05, 4.69) is 11.1 Å². The van der Waals surface area contributed by atoms with Crippen LogP contribution in [0.3, 0.4) is 0 Å². The van der Waals surface area contributed by atoms with Gasteiger partial charge in [-0.15, -0.1) is 0 Å². The van der Waals surface area contributed by atoms with E-state index in [4.69, 9.17) is 9.47 Å². The van der Waals surface area contributed by atoms with Crippen LogP contribution in [0.15, 0.2) is 42.7 Å². The lowest BCUT2D eigenvalue weighted by atomic mass is 10.1. The summed E-state index contributed by atoms with van der Waals surface area (Å²) in [5.41, 5.74) is 2.24. The number of rotatable bonds is 6. The van der Waals surface area contributed by atoms with Gasteiger partial charge in [-0.3, -0.25) is 4.98 Å². The van der Waals surface area contributed by atoms with E-state index in [0.717, 1.165) is 17.7 Å². The van der Waals surface area contributed by atoms with Gasteiger partial charge in [-0.25, -0.2) is 0 Å². The molecule has 1 radical (unpaired) electrons. The highest BCUT2D eigenvalue weighted by Gasteiger charge is 1.99. The van der Waals surface area contributed by atoms with Crippen molar-refractivity contribution in [3.8, 4) is 5.75 Å². The van der Waals surface area contributed by atoms with E-state index in [1.807, 2.05) is 30.3 Å². The Labute approximate surface area is 107 Å². The third-order valence-corrected chi connectivity index (χ3v) is 2.55. The SMILES string of the molecule is COCCc1cc[c]c(OCc2cccnc2)c1. The van der Waals surface area contributed by atoms with Crippen LogP contribution in [-0.4, -0.2) is 18.7 Å². The first kappa shape index (κ1) is 12.6. The number of aromatic nitrogens is 1. The second-order valence-electron chi connectivity index (χ2n) is 3.95. The van der Waals surface area contributed by atoms with Gasteiger partial charge in [0.1, 0.15) is 12.4 Å². The summed E-state index contributed by atoms with van der Waals surface area (Å²) in [6, 6.07) is 12.9. The molecule has 0 aliphatic heterocycles. The Morgan fingerprint density at radius 3 is 3.00 bits per heavy atom. The Balaban J connectivity index is 1.93. The lowest BCUT2D eigenvalue weighted by Crippen LogP contribution is -1.98. The number of hydrogen-bond acceptors (Lipinski definition) is 3. The van der Waals surface area contributed by atoms with Crippen LogP contribution in [0.25, 0.3) is 0 Å². The minimum Gasteiger partial charge on any atom is -0.488 e. The molecule has 0 aliphatic rings. The molecule has 0 amide bonds. The summed E-state index contributed by atoms with van der Waals surface area (Å²) in [5.74, 6) is 0.757. The van der Waals surface area contributed by atoms with Crippen molar-refractivity contribution in [2.24, 2.45) is 0 Å². The van der Waals surface area contributed by atoms with Gasteiger partial charge in [-0.2, -0.15) is 0 Å². The molecule has 0 N–H and O–H groups in total. The molecule has 0 saturated carbocycles. The Bertz CT molecular complexity index is 471. The van der Waals surface area contributed by atoms with Gasteiger partial charge in [0.25, 0.3) is 0 Å². The minimum atomic E-state index is 0.512. The predicted octanol–water partition coefficient (Wildman–Crippen LogP) is 2.65. The molecule has 0 aliphatic carbocycles. The average Bonchev–Trinajstić information content (AvgIpc) is 2.44. The van der Waals surface area contributed by atoms with Gasteiger partial charge in [-0.1, -0.05) is 18.2 Å². The first-order valence-electron chi connectivity index (χ1n) is 5.90. The van der Waals surface area contributed by atoms with Gasteiger partial charge in [0.2, 0.25) is 0 Å². The largest absolute Gasteiger partial charge is 0.488 e. The Morgan fingerprint density at radius 2 is 2.22 bits per heavy atom. The minimum absolute atomic E-state index is 0.512. The highest BCUT2D eigenvalue weighted by atomic mass is 16.5. The first-order chi connectivity index (χ1) is 8.88. The van der Waals surface area contributed by atoms with Gasteiger partial charge in [0, 0.05) is 31.1 Å². The maximum atomic E-state index is 5.68. The fourth-order valence-electron chi connectivity index (χ4n) is 1.59. The fourth-order valence-corrected chi connectivity index (χ4v) is 1.59. The molecule has 0 spiro atoms. The van der Waals surface area contributed by atoms with Crippen LogP contribution >= 0.6 is 0 Å². The van der Waals surface area contributed by atoms with Gasteiger partial charge in [-0.05, 0) is 24.1 Å². The van der Waals surface area contributed by atoms with Crippen molar-refractivity contribution >= 4 is 0 Å². The molecule has 2 rings (SSSR count). The van der Waals surface area contributed by atoms with Crippen molar-refractivity contribution < 1.29 is 9.47 Å². The summed E-state index contributed by atoms with van der Waals surface area (Å²) in [6.07, 6.45) is 4.43. The van der Waals surface area contributed by atoms with E-state index in [0.29, 0.717) is 13.2 Å². The van der Waals surface area contributed by atoms with E-state index in [9.17, 15) is 0 Å². The summed E-state index contributed by atoms with van der Waals surface area (Å²) in [7, 11) is 1.70. The average molecular weight is 242 g/mol. The fraction of sp³-hybridized carbons (Fsp3) is 0.267. The van der Waals surface area contributed by atoms with Crippen molar-refractivity contribution in [1.29, 1.82) is 0 Å². The van der Waals surface area contributed by atoms with Gasteiger partial charge in [0.15, 0.2) is 0 Å². The van der Waals surface area contributed by atoms with Crippen molar-refractivity contribution in [2.75, 3.05) is 13.7 Å². The van der Waals surface area contributed by atoms with E-state index >= 15 is 0 Å². The zero-order chi connectivity index (χ0) is 12.6. The van der Waals surface area contributed by atoms with E-state index < -0.39 is 0 Å². The molecule has 0 saturated heterocycles. The zero-order valence-corrected chi connectivity index (χ0v) is 10.4. The molecular formula is C15H16NO2. The molecule has 1 aromatic carbocycles. The molecule has 3 nitrogen and oxygen atoms in total. The monoisotopic (exact) mass is 242 g/mol. The second-order valence-corrected chi connectivity index (χ2v) is 3.95. The van der Waals surface area contributed by atoms with Crippen LogP contribution in [0.1, 0.15) is 11.1 Å². The summed E-state index contributed by atoms with van der Waals surface area (Å²) < 4.78 is 10.7. The normalized spacial score (nSPS) is 10.3. The molecule has 93 valence electrons. The van der Waals surface area contributed by atoms with Gasteiger partial charge >= 0.3 is 0 Å². The highest BCUT2D eigenvalue weighted by molar-refractivity contribution is 5.27. The topological polar surface area (TPSA) is 31.4 Å². The van der Waals surface area contributed by atoms with Crippen LogP contribution < -0.4 is 4.74 Å². The molecule has 1 heterocycles. The number of ether oxygens (including phenoxy) is 2. The summed E-state index contributed by atoms with van der Waals surface area (Å²) >= 11 is 0. The maximum absolute atomic E-state index is 5.68. The molecule has 3 heteroatoms. The molecule has 0 atom stereocenters. The Hall–Kier alpha value is -1.87. The molecule has 18 heavy (non-hydrogen) atoms. The third-order valence-electron chi connectivity index (χ3n) is 2.55. The maximum Gasteiger partial charge on any atom is 0.128 e. The molecule has 0 unspecified atom stereocenters. The van der Waals surface area contributed by atoms with Gasteiger partial charge in [0.05, 0.1) is 6.61 Å². The Kier molecular flexibility index (Phi) is 4.73. The van der Waals surface area contributed by atoms with Crippen molar-refractivity contribution in [3.05, 3.63) is 59.9 Å². The molecular weight excluding hydrogens is 226 g/mol. The van der Waals surface area contributed by atoms with Crippen LogP contribution in [0.2, 0.25) is 0 Å². The van der Waals surface area contributed by atoms with Crippen molar-refractivity contribution in [3.63, 3.8) is 0 Å². The highest BCUT2D eigenvalue weighted by Crippen LogP contribution is 2.14. The summed E-state index contributed by atoms with van der Waals surface area (Å²) in [5, 5.41) is 0. The summed E-state index contributed by atoms with van der Waals surface area (Å²) in [4.78, 5) is 4.05. The summed E-state index contributed by atoms with van der Waals surface area (Å²) in [6.45, 7) is 1.23. The number of pyridine rings is 1. The predicted molar refractivity (Wildman–Crippen MR) is 69.4 cm³/mol. The lowest BCUT2D eigenvalue weighted by molar-refractivity contribution is 0.202. The van der Waals surface area contributed by atoms with Crippen LogP contribution in [0, 0.1) is 6.07 Å². The quantitative estimate of drug-likeness (QED) is 0.780. The first-order valence-corrected chi connectivity index (χ1v) is 5.90. The zero-order valence-electron chi connectivity index (χ0n) is 10.4. The number of nitrogens with zero attached hydrogens (tertiary/aromatic N) is 1. The van der Waals surface area contributed by atoms with Crippen LogP contribution in [-0.2, 0) is 17.8 Å². The van der Waals surface area contributed by atoms with Crippen LogP contribution in [0.5, 0.6) is 5.75 Å². The molecule has 2 aromatic rings. The number of hydrogen-bond donors (Lipinski definition) is 0. The smallest absolute Gasteiger partial charge is 0.128 e. The van der Waals surface area contributed by atoms with Crippen LogP contribution in [0.4, 0.5) is 0 Å². The molecule has 1 aromatic heterocycles. The third kappa shape index (κ3) is 3.86. The number of benzene rings is 1.